The number of nitrogens with zero attached hydrogens (tertiary/aromatic N) is 3. The van der Waals surface area contributed by atoms with Gasteiger partial charge in [-0.05, 0) is 66.3 Å². The minimum atomic E-state index is 0.406. The Labute approximate surface area is 173 Å². The van der Waals surface area contributed by atoms with Gasteiger partial charge in [-0.15, -0.1) is 0 Å². The minimum absolute atomic E-state index is 0.406. The Bertz CT molecular complexity index is 1180. The zero-order chi connectivity index (χ0) is 20.1. The van der Waals surface area contributed by atoms with Gasteiger partial charge in [-0.3, -0.25) is 0 Å². The van der Waals surface area contributed by atoms with Gasteiger partial charge in [-0.2, -0.15) is 14.9 Å². The van der Waals surface area contributed by atoms with Gasteiger partial charge in [0.2, 0.25) is 4.77 Å². The lowest BCUT2D eigenvalue weighted by Gasteiger charge is -2.06. The second-order valence-electron chi connectivity index (χ2n) is 6.12. The van der Waals surface area contributed by atoms with E-state index in [1.54, 1.807) is 18.0 Å². The molecule has 0 spiro atoms. The predicted molar refractivity (Wildman–Crippen MR) is 115 cm³/mol. The van der Waals surface area contributed by atoms with Gasteiger partial charge in [0.1, 0.15) is 17.2 Å². The number of methoxy groups -OCH3 is 1. The summed E-state index contributed by atoms with van der Waals surface area (Å²) in [5, 5.41) is 11.6. The van der Waals surface area contributed by atoms with Crippen molar-refractivity contribution in [2.75, 3.05) is 7.11 Å². The molecule has 4 aromatic rings. The number of aromatic amines is 1. The third-order valence-corrected chi connectivity index (χ3v) is 4.42. The molecule has 6 nitrogen and oxygen atoms in total. The van der Waals surface area contributed by atoms with E-state index in [0.29, 0.717) is 10.6 Å². The number of benzene rings is 3. The van der Waals surface area contributed by atoms with E-state index in [-0.39, 0.29) is 0 Å². The van der Waals surface area contributed by atoms with Crippen molar-refractivity contribution < 1.29 is 9.47 Å². The van der Waals surface area contributed by atoms with Crippen LogP contribution in [0.15, 0.2) is 84.0 Å². The fourth-order valence-corrected chi connectivity index (χ4v) is 2.91. The molecule has 29 heavy (non-hydrogen) atoms. The topological polar surface area (TPSA) is 64.4 Å². The maximum atomic E-state index is 5.88. The Morgan fingerprint density at radius 1 is 0.931 bits per heavy atom. The van der Waals surface area contributed by atoms with Gasteiger partial charge >= 0.3 is 0 Å². The first-order valence-corrected chi connectivity index (χ1v) is 9.33. The average Bonchev–Trinajstić information content (AvgIpc) is 3.13. The van der Waals surface area contributed by atoms with Crippen molar-refractivity contribution in [3.8, 4) is 28.6 Å². The Morgan fingerprint density at radius 2 is 1.69 bits per heavy atom. The molecule has 0 aliphatic heterocycles. The molecule has 0 saturated heterocycles. The Morgan fingerprint density at radius 3 is 2.45 bits per heavy atom. The lowest BCUT2D eigenvalue weighted by molar-refractivity contribution is 0.415. The summed E-state index contributed by atoms with van der Waals surface area (Å²) in [7, 11) is 1.63. The van der Waals surface area contributed by atoms with Crippen LogP contribution in [0.1, 0.15) is 5.56 Å². The number of hydrogen-bond donors (Lipinski definition) is 1. The molecule has 4 rings (SSSR count). The molecule has 0 fully saturated rings. The van der Waals surface area contributed by atoms with Crippen molar-refractivity contribution in [2.24, 2.45) is 5.10 Å². The van der Waals surface area contributed by atoms with E-state index < -0.39 is 0 Å². The third kappa shape index (κ3) is 4.41. The van der Waals surface area contributed by atoms with Gasteiger partial charge in [0.05, 0.1) is 13.3 Å². The number of nitrogens with one attached hydrogen (secondary N) is 1. The molecule has 0 bridgehead atoms. The van der Waals surface area contributed by atoms with E-state index in [1.165, 1.54) is 0 Å². The van der Waals surface area contributed by atoms with Crippen LogP contribution in [0, 0.1) is 4.77 Å². The zero-order valence-electron chi connectivity index (χ0n) is 15.6. The molecule has 0 amide bonds. The highest BCUT2D eigenvalue weighted by Gasteiger charge is 2.08. The molecule has 144 valence electrons. The van der Waals surface area contributed by atoms with Gasteiger partial charge in [-0.25, -0.2) is 5.10 Å². The first-order valence-electron chi connectivity index (χ1n) is 8.92. The summed E-state index contributed by atoms with van der Waals surface area (Å²) in [5.74, 6) is 2.89. The first kappa shape index (κ1) is 18.6. The number of hydrogen-bond acceptors (Lipinski definition) is 5. The van der Waals surface area contributed by atoms with Crippen molar-refractivity contribution in [2.45, 2.75) is 0 Å². The molecule has 0 radical (unpaired) electrons. The third-order valence-electron chi connectivity index (χ3n) is 4.16. The Balaban J connectivity index is 1.59. The van der Waals surface area contributed by atoms with Crippen molar-refractivity contribution in [3.63, 3.8) is 0 Å². The summed E-state index contributed by atoms with van der Waals surface area (Å²) in [6, 6.07) is 24.8. The molecular weight excluding hydrogens is 384 g/mol. The van der Waals surface area contributed by atoms with Gasteiger partial charge in [-0.1, -0.05) is 30.3 Å². The molecule has 0 atom stereocenters. The zero-order valence-corrected chi connectivity index (χ0v) is 16.5. The van der Waals surface area contributed by atoms with Crippen LogP contribution in [-0.4, -0.2) is 28.2 Å². The molecule has 1 aromatic heterocycles. The van der Waals surface area contributed by atoms with Crippen LogP contribution in [0.3, 0.4) is 0 Å². The van der Waals surface area contributed by atoms with E-state index in [1.807, 2.05) is 78.9 Å². The van der Waals surface area contributed by atoms with Gasteiger partial charge in [0, 0.05) is 5.56 Å². The van der Waals surface area contributed by atoms with Crippen LogP contribution in [0.5, 0.6) is 17.2 Å². The molecule has 0 saturated carbocycles. The fourth-order valence-electron chi connectivity index (χ4n) is 2.73. The summed E-state index contributed by atoms with van der Waals surface area (Å²) >= 11 is 5.33. The SMILES string of the molecule is COc1ccc(-c2n[nH]c(=S)n2N=Cc2cccc(Oc3ccccc3)c2)cc1. The highest BCUT2D eigenvalue weighted by atomic mass is 32.1. The van der Waals surface area contributed by atoms with Gasteiger partial charge in [0.15, 0.2) is 5.82 Å². The number of para-hydroxylation sites is 1. The largest absolute Gasteiger partial charge is 0.497 e. The molecule has 3 aromatic carbocycles. The van der Waals surface area contributed by atoms with E-state index in [0.717, 1.165) is 28.4 Å². The second-order valence-corrected chi connectivity index (χ2v) is 6.51. The predicted octanol–water partition coefficient (Wildman–Crippen LogP) is 5.29. The van der Waals surface area contributed by atoms with E-state index in [4.69, 9.17) is 21.7 Å². The second kappa shape index (κ2) is 8.53. The highest BCUT2D eigenvalue weighted by molar-refractivity contribution is 7.71. The van der Waals surface area contributed by atoms with E-state index >= 15 is 0 Å². The molecule has 0 aliphatic carbocycles. The van der Waals surface area contributed by atoms with Crippen molar-refractivity contribution >= 4 is 18.4 Å². The maximum Gasteiger partial charge on any atom is 0.216 e. The quantitative estimate of drug-likeness (QED) is 0.351. The average molecular weight is 402 g/mol. The minimum Gasteiger partial charge on any atom is -0.497 e. The van der Waals surface area contributed by atoms with E-state index in [2.05, 4.69) is 15.3 Å². The van der Waals surface area contributed by atoms with Crippen molar-refractivity contribution in [1.29, 1.82) is 0 Å². The van der Waals surface area contributed by atoms with E-state index in [9.17, 15) is 0 Å². The monoisotopic (exact) mass is 402 g/mol. The van der Waals surface area contributed by atoms with Gasteiger partial charge in [0.25, 0.3) is 0 Å². The summed E-state index contributed by atoms with van der Waals surface area (Å²) < 4.78 is 13.1. The number of H-pyrrole nitrogens is 1. The van der Waals surface area contributed by atoms with Crippen LogP contribution in [-0.2, 0) is 0 Å². The van der Waals surface area contributed by atoms with Crippen molar-refractivity contribution in [3.05, 3.63) is 89.2 Å². The Hall–Kier alpha value is -3.71. The molecule has 0 unspecified atom stereocenters. The fraction of sp³-hybridized carbons (Fsp3) is 0.0455. The molecule has 7 heteroatoms. The smallest absolute Gasteiger partial charge is 0.216 e. The number of ether oxygens (including phenoxy) is 2. The number of rotatable bonds is 6. The van der Waals surface area contributed by atoms with Crippen LogP contribution >= 0.6 is 12.2 Å². The van der Waals surface area contributed by atoms with Crippen LogP contribution in [0.25, 0.3) is 11.4 Å². The molecule has 1 heterocycles. The summed E-state index contributed by atoms with van der Waals surface area (Å²) in [5.41, 5.74) is 1.75. The molecule has 0 aliphatic rings. The normalized spacial score (nSPS) is 10.9. The van der Waals surface area contributed by atoms with Gasteiger partial charge < -0.3 is 9.47 Å². The summed E-state index contributed by atoms with van der Waals surface area (Å²) in [6.07, 6.45) is 1.72. The maximum absolute atomic E-state index is 5.88. The highest BCUT2D eigenvalue weighted by Crippen LogP contribution is 2.22. The van der Waals surface area contributed by atoms with Crippen LogP contribution < -0.4 is 9.47 Å². The molecule has 1 N–H and O–H groups in total. The Kier molecular flexibility index (Phi) is 5.49. The molecular formula is C22H18N4O2S. The standard InChI is InChI=1S/C22H18N4O2S/c1-27-18-12-10-17(11-13-18)21-24-25-22(29)26(21)23-15-16-6-5-9-20(14-16)28-19-7-3-2-4-8-19/h2-15H,1H3,(H,25,29). The summed E-state index contributed by atoms with van der Waals surface area (Å²) in [6.45, 7) is 0. The lowest BCUT2D eigenvalue weighted by atomic mass is 10.2. The first-order chi connectivity index (χ1) is 14.2. The lowest BCUT2D eigenvalue weighted by Crippen LogP contribution is -1.95. The van der Waals surface area contributed by atoms with Crippen LogP contribution in [0.4, 0.5) is 0 Å². The van der Waals surface area contributed by atoms with Crippen molar-refractivity contribution in [1.82, 2.24) is 14.9 Å². The van der Waals surface area contributed by atoms with Crippen LogP contribution in [0.2, 0.25) is 0 Å². The summed E-state index contributed by atoms with van der Waals surface area (Å²) in [4.78, 5) is 0. The number of aromatic nitrogens is 3.